The van der Waals surface area contributed by atoms with Crippen LogP contribution < -0.4 is 10.2 Å². The molecule has 1 aromatic carbocycles. The van der Waals surface area contributed by atoms with Gasteiger partial charge in [-0.25, -0.2) is 4.84 Å². The van der Waals surface area contributed by atoms with Crippen molar-refractivity contribution in [3.05, 3.63) is 35.9 Å². The van der Waals surface area contributed by atoms with Crippen molar-refractivity contribution in [2.45, 2.75) is 39.3 Å². The van der Waals surface area contributed by atoms with Crippen LogP contribution in [0, 0.1) is 5.92 Å². The lowest BCUT2D eigenvalue weighted by atomic mass is 10.0. The van der Waals surface area contributed by atoms with E-state index in [1.54, 1.807) is 0 Å². The zero-order valence-corrected chi connectivity index (χ0v) is 11.9. The molecule has 4 heteroatoms. The number of carbonyl (C=O) groups excluding carboxylic acids is 1. The van der Waals surface area contributed by atoms with Gasteiger partial charge in [0.05, 0.1) is 6.04 Å². The van der Waals surface area contributed by atoms with Crippen LogP contribution in [-0.2, 0) is 4.79 Å². The Kier molecular flexibility index (Phi) is 6.16. The largest absolute Gasteiger partial charge is 0.348 e. The van der Waals surface area contributed by atoms with Crippen LogP contribution in [0.25, 0.3) is 0 Å². The second-order valence-electron chi connectivity index (χ2n) is 4.71. The van der Waals surface area contributed by atoms with Gasteiger partial charge in [-0.3, -0.25) is 4.79 Å². The molecule has 100 valence electrons. The van der Waals surface area contributed by atoms with Crippen LogP contribution in [-0.4, -0.2) is 11.9 Å². The van der Waals surface area contributed by atoms with Gasteiger partial charge in [0.15, 0.2) is 0 Å². The number of hydrogen-bond acceptors (Lipinski definition) is 2. The Morgan fingerprint density at radius 3 is 2.33 bits per heavy atom. The predicted molar refractivity (Wildman–Crippen MR) is 75.2 cm³/mol. The Balaban J connectivity index is 2.72. The summed E-state index contributed by atoms with van der Waals surface area (Å²) in [5.74, 6) is 0.0893. The molecule has 0 heterocycles. The van der Waals surface area contributed by atoms with Crippen LogP contribution in [0.3, 0.4) is 0 Å². The molecule has 0 radical (unpaired) electrons. The normalized spacial score (nSPS) is 14.3. The summed E-state index contributed by atoms with van der Waals surface area (Å²) in [6.07, 6.45) is 0.850. The molecule has 0 aliphatic rings. The van der Waals surface area contributed by atoms with Crippen LogP contribution >= 0.6 is 11.8 Å². The van der Waals surface area contributed by atoms with Gasteiger partial charge in [0.1, 0.15) is 6.04 Å². The van der Waals surface area contributed by atoms with Crippen molar-refractivity contribution in [3.63, 3.8) is 0 Å². The number of carbonyl (C=O) groups is 1. The molecule has 0 saturated heterocycles. The standard InChI is InChI=1S/C14H21ClN2O/c1-4-12(11-8-6-5-7-9-11)16-14(18)13(17-15)10(2)3/h5-10,12-13,17H,4H2,1-3H3,(H,16,18)/t12-,13+/m0/s1. The average Bonchev–Trinajstić information content (AvgIpc) is 2.37. The van der Waals surface area contributed by atoms with Crippen molar-refractivity contribution in [3.8, 4) is 0 Å². The van der Waals surface area contributed by atoms with E-state index in [0.717, 1.165) is 12.0 Å². The van der Waals surface area contributed by atoms with Gasteiger partial charge in [-0.2, -0.15) is 0 Å². The minimum absolute atomic E-state index is 0.0324. The van der Waals surface area contributed by atoms with E-state index in [2.05, 4.69) is 17.1 Å². The maximum atomic E-state index is 12.1. The van der Waals surface area contributed by atoms with Gasteiger partial charge < -0.3 is 5.32 Å². The summed E-state index contributed by atoms with van der Waals surface area (Å²) in [6.45, 7) is 5.97. The van der Waals surface area contributed by atoms with Crippen LogP contribution in [0.2, 0.25) is 0 Å². The van der Waals surface area contributed by atoms with E-state index in [1.807, 2.05) is 44.2 Å². The summed E-state index contributed by atoms with van der Waals surface area (Å²) < 4.78 is 0. The van der Waals surface area contributed by atoms with Gasteiger partial charge in [-0.15, -0.1) is 0 Å². The molecule has 0 saturated carbocycles. The lowest BCUT2D eigenvalue weighted by molar-refractivity contribution is -0.124. The fourth-order valence-corrected chi connectivity index (χ4v) is 2.20. The third kappa shape index (κ3) is 4.00. The van der Waals surface area contributed by atoms with Crippen LogP contribution in [0.1, 0.15) is 38.8 Å². The summed E-state index contributed by atoms with van der Waals surface area (Å²) >= 11 is 5.62. The fourth-order valence-electron chi connectivity index (χ4n) is 1.85. The molecule has 0 bridgehead atoms. The van der Waals surface area contributed by atoms with Crippen LogP contribution in [0.4, 0.5) is 0 Å². The first-order chi connectivity index (χ1) is 8.60. The lowest BCUT2D eigenvalue weighted by Gasteiger charge is -2.23. The number of hydrogen-bond donors (Lipinski definition) is 2. The number of halogens is 1. The van der Waals surface area contributed by atoms with E-state index in [-0.39, 0.29) is 23.9 Å². The van der Waals surface area contributed by atoms with Crippen molar-refractivity contribution in [2.24, 2.45) is 5.92 Å². The lowest BCUT2D eigenvalue weighted by Crippen LogP contribution is -2.45. The van der Waals surface area contributed by atoms with E-state index >= 15 is 0 Å². The van der Waals surface area contributed by atoms with Gasteiger partial charge in [0, 0.05) is 0 Å². The highest BCUT2D eigenvalue weighted by molar-refractivity contribution is 6.15. The van der Waals surface area contributed by atoms with E-state index in [0.29, 0.717) is 0 Å². The molecule has 1 rings (SSSR count). The monoisotopic (exact) mass is 268 g/mol. The summed E-state index contributed by atoms with van der Waals surface area (Å²) in [6, 6.07) is 9.62. The summed E-state index contributed by atoms with van der Waals surface area (Å²) in [5.41, 5.74) is 1.12. The smallest absolute Gasteiger partial charge is 0.239 e. The van der Waals surface area contributed by atoms with Crippen molar-refractivity contribution in [1.29, 1.82) is 0 Å². The zero-order chi connectivity index (χ0) is 13.5. The third-order valence-corrected chi connectivity index (χ3v) is 3.23. The van der Waals surface area contributed by atoms with Gasteiger partial charge in [0.2, 0.25) is 5.91 Å². The quantitative estimate of drug-likeness (QED) is 0.779. The highest BCUT2D eigenvalue weighted by atomic mass is 35.5. The predicted octanol–water partition coefficient (Wildman–Crippen LogP) is 3.02. The van der Waals surface area contributed by atoms with Crippen molar-refractivity contribution < 1.29 is 4.79 Å². The van der Waals surface area contributed by atoms with Gasteiger partial charge in [0.25, 0.3) is 0 Å². The fraction of sp³-hybridized carbons (Fsp3) is 0.500. The first-order valence-corrected chi connectivity index (χ1v) is 6.69. The first-order valence-electron chi connectivity index (χ1n) is 6.31. The Bertz CT molecular complexity index is 367. The number of amides is 1. The maximum absolute atomic E-state index is 12.1. The Morgan fingerprint density at radius 1 is 1.28 bits per heavy atom. The molecule has 0 aliphatic heterocycles. The molecule has 3 nitrogen and oxygen atoms in total. The van der Waals surface area contributed by atoms with Crippen molar-refractivity contribution >= 4 is 17.7 Å². The minimum Gasteiger partial charge on any atom is -0.348 e. The van der Waals surface area contributed by atoms with Crippen molar-refractivity contribution in [1.82, 2.24) is 10.2 Å². The molecule has 0 aliphatic carbocycles. The van der Waals surface area contributed by atoms with E-state index in [4.69, 9.17) is 11.8 Å². The molecule has 2 atom stereocenters. The Morgan fingerprint density at radius 2 is 1.89 bits per heavy atom. The molecule has 0 aromatic heterocycles. The van der Waals surface area contributed by atoms with Crippen molar-refractivity contribution in [2.75, 3.05) is 0 Å². The summed E-state index contributed by atoms with van der Waals surface area (Å²) in [4.78, 5) is 14.6. The topological polar surface area (TPSA) is 41.1 Å². The van der Waals surface area contributed by atoms with Crippen LogP contribution in [0.5, 0.6) is 0 Å². The molecular weight excluding hydrogens is 248 g/mol. The second-order valence-corrected chi connectivity index (χ2v) is 4.93. The highest BCUT2D eigenvalue weighted by Gasteiger charge is 2.23. The average molecular weight is 269 g/mol. The van der Waals surface area contributed by atoms with E-state index in [9.17, 15) is 4.79 Å². The zero-order valence-electron chi connectivity index (χ0n) is 11.1. The Labute approximate surface area is 114 Å². The Hall–Kier alpha value is -1.06. The third-order valence-electron chi connectivity index (χ3n) is 2.99. The van der Waals surface area contributed by atoms with Gasteiger partial charge in [-0.1, -0.05) is 51.1 Å². The minimum atomic E-state index is -0.371. The summed E-state index contributed by atoms with van der Waals surface area (Å²) in [5, 5.41) is 3.03. The van der Waals surface area contributed by atoms with Gasteiger partial charge in [-0.05, 0) is 29.7 Å². The molecule has 0 spiro atoms. The number of rotatable bonds is 6. The molecule has 0 fully saturated rings. The van der Waals surface area contributed by atoms with Crippen LogP contribution in [0.15, 0.2) is 30.3 Å². The van der Waals surface area contributed by atoms with Gasteiger partial charge >= 0.3 is 0 Å². The van der Waals surface area contributed by atoms with E-state index < -0.39 is 0 Å². The molecule has 0 unspecified atom stereocenters. The molecule has 18 heavy (non-hydrogen) atoms. The second kappa shape index (κ2) is 7.39. The molecular formula is C14H21ClN2O. The number of nitrogens with one attached hydrogen (secondary N) is 2. The molecule has 1 amide bonds. The molecule has 1 aromatic rings. The summed E-state index contributed by atoms with van der Waals surface area (Å²) in [7, 11) is 0. The highest BCUT2D eigenvalue weighted by Crippen LogP contribution is 2.16. The maximum Gasteiger partial charge on any atom is 0.239 e. The first kappa shape index (κ1) is 15.0. The molecule has 2 N–H and O–H groups in total. The number of benzene rings is 1. The van der Waals surface area contributed by atoms with E-state index in [1.165, 1.54) is 0 Å². The SMILES string of the molecule is CC[C@H](NC(=O)[C@H](NCl)C(C)C)c1ccccc1.